The van der Waals surface area contributed by atoms with E-state index in [9.17, 15) is 0 Å². The molecule has 0 unspecified atom stereocenters. The van der Waals surface area contributed by atoms with Crippen LogP contribution in [0.3, 0.4) is 0 Å². The van der Waals surface area contributed by atoms with Crippen molar-refractivity contribution in [3.8, 4) is 0 Å². The van der Waals surface area contributed by atoms with Crippen molar-refractivity contribution in [3.05, 3.63) is 54.1 Å². The van der Waals surface area contributed by atoms with Crippen LogP contribution in [0.25, 0.3) is 0 Å². The minimum Gasteiger partial charge on any atom is -0.247 e. The van der Waals surface area contributed by atoms with Crippen LogP contribution >= 0.6 is 0 Å². The molecule has 2 heteroatoms. The van der Waals surface area contributed by atoms with Crippen molar-refractivity contribution < 1.29 is 4.57 Å². The number of aromatic amines is 1. The summed E-state index contributed by atoms with van der Waals surface area (Å²) >= 11 is 0. The first-order valence-corrected chi connectivity index (χ1v) is 13.4. The molecule has 0 amide bonds. The smallest absolute Gasteiger partial charge is 0.247 e. The van der Waals surface area contributed by atoms with Gasteiger partial charge in [0.15, 0.2) is 0 Å². The van der Waals surface area contributed by atoms with Gasteiger partial charge in [-0.2, -0.15) is 0 Å². The molecule has 0 saturated carbocycles. The molecule has 0 spiro atoms. The Morgan fingerprint density at radius 2 is 1.23 bits per heavy atom. The largest absolute Gasteiger partial charge is 0.257 e. The van der Waals surface area contributed by atoms with Crippen LogP contribution in [0, 0.1) is 0 Å². The monoisotopic (exact) mass is 425 g/mol. The summed E-state index contributed by atoms with van der Waals surface area (Å²) in [6, 6.07) is 10.8. The van der Waals surface area contributed by atoms with Gasteiger partial charge in [-0.3, -0.25) is 0 Å². The van der Waals surface area contributed by atoms with Gasteiger partial charge >= 0.3 is 0 Å². The molecule has 1 atom stereocenters. The molecule has 0 aliphatic carbocycles. The number of nitrogens with zero attached hydrogens (tertiary/aromatic N) is 1. The molecule has 1 heterocycles. The minimum atomic E-state index is 0.598. The van der Waals surface area contributed by atoms with E-state index >= 15 is 0 Å². The lowest BCUT2D eigenvalue weighted by molar-refractivity contribution is -0.695. The maximum Gasteiger partial charge on any atom is 0.257 e. The number of benzene rings is 1. The molecule has 0 saturated heterocycles. The Balaban J connectivity index is 1.44. The van der Waals surface area contributed by atoms with Crippen LogP contribution < -0.4 is 4.57 Å². The van der Waals surface area contributed by atoms with E-state index in [1.165, 1.54) is 114 Å². The van der Waals surface area contributed by atoms with Gasteiger partial charge in [0.25, 0.3) is 5.82 Å². The zero-order valence-corrected chi connectivity index (χ0v) is 20.6. The molecule has 0 aliphatic heterocycles. The lowest BCUT2D eigenvalue weighted by atomic mass is 10.00. The van der Waals surface area contributed by atoms with E-state index in [2.05, 4.69) is 66.1 Å². The zero-order chi connectivity index (χ0) is 22.0. The van der Waals surface area contributed by atoms with Crippen molar-refractivity contribution in [2.45, 2.75) is 129 Å². The van der Waals surface area contributed by atoms with Crippen LogP contribution in [-0.4, -0.2) is 4.98 Å². The highest BCUT2D eigenvalue weighted by Gasteiger charge is 2.18. The number of imidazole rings is 1. The minimum absolute atomic E-state index is 0.598. The molecule has 1 aromatic heterocycles. The van der Waals surface area contributed by atoms with Crippen LogP contribution in [0.1, 0.15) is 134 Å². The Morgan fingerprint density at radius 1 is 0.710 bits per heavy atom. The summed E-state index contributed by atoms with van der Waals surface area (Å²) in [7, 11) is 0. The van der Waals surface area contributed by atoms with Crippen LogP contribution in [-0.2, 0) is 6.54 Å². The summed E-state index contributed by atoms with van der Waals surface area (Å²) < 4.78 is 2.38. The maximum atomic E-state index is 3.49. The van der Waals surface area contributed by atoms with E-state index in [0.717, 1.165) is 6.54 Å². The van der Waals surface area contributed by atoms with E-state index in [1.807, 2.05) is 0 Å². The fourth-order valence-corrected chi connectivity index (χ4v) is 4.68. The van der Waals surface area contributed by atoms with Gasteiger partial charge < -0.3 is 0 Å². The van der Waals surface area contributed by atoms with Gasteiger partial charge in [-0.25, -0.2) is 9.55 Å². The maximum absolute atomic E-state index is 3.49. The normalized spacial score (nSPS) is 12.3. The first-order valence-electron chi connectivity index (χ1n) is 13.4. The predicted molar refractivity (Wildman–Crippen MR) is 134 cm³/mol. The van der Waals surface area contributed by atoms with Gasteiger partial charge in [0.1, 0.15) is 18.9 Å². The fourth-order valence-electron chi connectivity index (χ4n) is 4.68. The van der Waals surface area contributed by atoms with Crippen molar-refractivity contribution in [3.63, 3.8) is 0 Å². The van der Waals surface area contributed by atoms with Crippen LogP contribution in [0.2, 0.25) is 0 Å². The molecule has 2 rings (SSSR count). The van der Waals surface area contributed by atoms with E-state index in [4.69, 9.17) is 0 Å². The number of nitrogens with one attached hydrogen (secondary N) is 1. The first kappa shape index (κ1) is 25.7. The SMILES string of the molecule is CCCCCCCCCCCCCCCCC[C@H](C)c1[nH]cc[n+]1Cc1ccccc1. The Hall–Kier alpha value is -1.57. The zero-order valence-electron chi connectivity index (χ0n) is 20.6. The second-order valence-electron chi connectivity index (χ2n) is 9.60. The van der Waals surface area contributed by atoms with Crippen molar-refractivity contribution in [1.82, 2.24) is 4.98 Å². The van der Waals surface area contributed by atoms with E-state index in [0.29, 0.717) is 5.92 Å². The van der Waals surface area contributed by atoms with Gasteiger partial charge in [-0.15, -0.1) is 0 Å². The first-order chi connectivity index (χ1) is 15.3. The van der Waals surface area contributed by atoms with Gasteiger partial charge in [-0.05, 0) is 12.0 Å². The van der Waals surface area contributed by atoms with Crippen molar-refractivity contribution in [2.75, 3.05) is 0 Å². The molecule has 2 aromatic rings. The average Bonchev–Trinajstić information content (AvgIpc) is 3.25. The topological polar surface area (TPSA) is 19.7 Å². The van der Waals surface area contributed by atoms with Crippen LogP contribution in [0.5, 0.6) is 0 Å². The third-order valence-electron chi connectivity index (χ3n) is 6.70. The Labute approximate surface area is 192 Å². The van der Waals surface area contributed by atoms with E-state index in [-0.39, 0.29) is 0 Å². The summed E-state index contributed by atoms with van der Waals surface area (Å²) in [4.78, 5) is 3.49. The molecule has 0 fully saturated rings. The van der Waals surface area contributed by atoms with Gasteiger partial charge in [0.2, 0.25) is 0 Å². The molecular formula is C29H49N2+. The van der Waals surface area contributed by atoms with Crippen LogP contribution in [0.4, 0.5) is 0 Å². The molecular weight excluding hydrogens is 376 g/mol. The summed E-state index contributed by atoms with van der Waals surface area (Å²) in [5.41, 5.74) is 1.37. The highest BCUT2D eigenvalue weighted by molar-refractivity contribution is 5.13. The average molecular weight is 426 g/mol. The van der Waals surface area contributed by atoms with Crippen molar-refractivity contribution in [2.24, 2.45) is 0 Å². The van der Waals surface area contributed by atoms with E-state index < -0.39 is 0 Å². The van der Waals surface area contributed by atoms with Crippen LogP contribution in [0.15, 0.2) is 42.7 Å². The summed E-state index contributed by atoms with van der Waals surface area (Å²) in [6.07, 6.45) is 27.1. The molecule has 1 aromatic carbocycles. The molecule has 0 aliphatic rings. The lowest BCUT2D eigenvalue weighted by Gasteiger charge is -2.09. The summed E-state index contributed by atoms with van der Waals surface area (Å²) in [6.45, 7) is 5.63. The second-order valence-corrected chi connectivity index (χ2v) is 9.60. The predicted octanol–water partition coefficient (Wildman–Crippen LogP) is 8.72. The molecule has 174 valence electrons. The van der Waals surface area contributed by atoms with Gasteiger partial charge in [-0.1, -0.05) is 140 Å². The molecule has 0 bridgehead atoms. The second kappa shape index (κ2) is 17.0. The Bertz CT molecular complexity index is 646. The third-order valence-corrected chi connectivity index (χ3v) is 6.70. The number of H-pyrrole nitrogens is 1. The Kier molecular flexibility index (Phi) is 14.1. The number of rotatable bonds is 19. The summed E-state index contributed by atoms with van der Waals surface area (Å²) in [5.74, 6) is 1.97. The highest BCUT2D eigenvalue weighted by atomic mass is 15.1. The fraction of sp³-hybridized carbons (Fsp3) is 0.690. The standard InChI is InChI=1S/C29H48N2/c1-3-4-5-6-7-8-9-10-11-12-13-14-15-16-18-21-27(2)29-30-24-25-31(29)26-28-22-19-17-20-23-28/h17,19-20,22-25,27H,3-16,18,21,26H2,1-2H3/p+1/t27-/m0/s1. The Morgan fingerprint density at radius 3 is 1.77 bits per heavy atom. The van der Waals surface area contributed by atoms with Crippen molar-refractivity contribution in [1.29, 1.82) is 0 Å². The molecule has 31 heavy (non-hydrogen) atoms. The summed E-state index contributed by atoms with van der Waals surface area (Å²) in [5, 5.41) is 0. The van der Waals surface area contributed by atoms with Gasteiger partial charge in [0.05, 0.1) is 5.92 Å². The number of hydrogen-bond donors (Lipinski definition) is 1. The van der Waals surface area contributed by atoms with Crippen molar-refractivity contribution >= 4 is 0 Å². The highest BCUT2D eigenvalue weighted by Crippen LogP contribution is 2.19. The number of hydrogen-bond acceptors (Lipinski definition) is 0. The number of aromatic nitrogens is 2. The third kappa shape index (κ3) is 11.6. The van der Waals surface area contributed by atoms with E-state index in [1.54, 1.807) is 0 Å². The number of unbranched alkanes of at least 4 members (excludes halogenated alkanes) is 14. The quantitative estimate of drug-likeness (QED) is 0.171. The molecule has 2 nitrogen and oxygen atoms in total. The van der Waals surface area contributed by atoms with Gasteiger partial charge in [0, 0.05) is 0 Å². The molecule has 0 radical (unpaired) electrons. The lowest BCUT2D eigenvalue weighted by Crippen LogP contribution is -2.37. The molecule has 1 N–H and O–H groups in total.